The molecule has 0 saturated carbocycles. The number of rotatable bonds is 11. The molecule has 0 fully saturated rings. The maximum atomic E-state index is 11.9. The maximum absolute atomic E-state index is 11.9. The number of aliphatic hydroxyl groups excluding tert-OH is 1. The Balaban J connectivity index is 2.21. The number of imidazole rings is 1. The van der Waals surface area contributed by atoms with Crippen molar-refractivity contribution in [3.05, 3.63) is 16.7 Å². The molecule has 0 saturated heterocycles. The van der Waals surface area contributed by atoms with Gasteiger partial charge in [-0.15, -0.1) is 0 Å². The highest BCUT2D eigenvalue weighted by molar-refractivity contribution is 5.70. The Bertz CT molecular complexity index is 738. The number of nitrogens with zero attached hydrogens (tertiary/aromatic N) is 3. The van der Waals surface area contributed by atoms with E-state index in [9.17, 15) is 9.90 Å². The summed E-state index contributed by atoms with van der Waals surface area (Å²) in [7, 11) is 0. The van der Waals surface area contributed by atoms with Crippen LogP contribution in [0.4, 0.5) is 5.95 Å². The number of aromatic amines is 1. The van der Waals surface area contributed by atoms with Crippen LogP contribution in [0.3, 0.4) is 0 Å². The van der Waals surface area contributed by atoms with Gasteiger partial charge in [-0.1, -0.05) is 0 Å². The maximum Gasteiger partial charge on any atom is 0.280 e. The Hall–Kier alpha value is -2.01. The lowest BCUT2D eigenvalue weighted by atomic mass is 10.1. The van der Waals surface area contributed by atoms with Crippen LogP contribution < -0.4 is 11.3 Å². The summed E-state index contributed by atoms with van der Waals surface area (Å²) in [5.74, 6) is -0.0325. The van der Waals surface area contributed by atoms with E-state index in [0.29, 0.717) is 31.8 Å². The van der Waals surface area contributed by atoms with Crippen LogP contribution in [0.25, 0.3) is 11.2 Å². The van der Waals surface area contributed by atoms with Gasteiger partial charge in [-0.3, -0.25) is 9.78 Å². The summed E-state index contributed by atoms with van der Waals surface area (Å²) in [5, 5.41) is 9.43. The molecule has 0 amide bonds. The van der Waals surface area contributed by atoms with Crippen molar-refractivity contribution >= 4 is 17.1 Å². The molecular weight excluding hydrogens is 342 g/mol. The fraction of sp³-hybridized carbons (Fsp3) is 0.688. The highest BCUT2D eigenvalue weighted by atomic mass is 16.7. The van der Waals surface area contributed by atoms with Gasteiger partial charge in [-0.25, -0.2) is 4.98 Å². The van der Waals surface area contributed by atoms with Crippen LogP contribution in [-0.4, -0.2) is 57.0 Å². The van der Waals surface area contributed by atoms with Crippen molar-refractivity contribution in [1.82, 2.24) is 19.5 Å². The average Bonchev–Trinajstić information content (AvgIpc) is 2.96. The van der Waals surface area contributed by atoms with Crippen LogP contribution in [0.15, 0.2) is 11.1 Å². The lowest BCUT2D eigenvalue weighted by Gasteiger charge is -2.24. The summed E-state index contributed by atoms with van der Waals surface area (Å²) in [6.45, 7) is 7.13. The van der Waals surface area contributed by atoms with Crippen LogP contribution in [0.1, 0.15) is 27.2 Å². The number of hydrogen-bond acceptors (Lipinski definition) is 8. The van der Waals surface area contributed by atoms with Crippen molar-refractivity contribution in [1.29, 1.82) is 0 Å². The number of anilines is 1. The first-order valence-corrected chi connectivity index (χ1v) is 8.68. The molecule has 2 aromatic heterocycles. The van der Waals surface area contributed by atoms with Gasteiger partial charge in [0.05, 0.1) is 12.9 Å². The predicted molar refractivity (Wildman–Crippen MR) is 95.3 cm³/mol. The minimum atomic E-state index is -0.883. The van der Waals surface area contributed by atoms with E-state index in [4.69, 9.17) is 19.9 Å². The number of nitrogen functional groups attached to an aromatic ring is 1. The number of fused-ring (bicyclic) bond motifs is 1. The Morgan fingerprint density at radius 3 is 2.62 bits per heavy atom. The molecule has 0 radical (unpaired) electrons. The predicted octanol–water partition coefficient (Wildman–Crippen LogP) is 0.462. The molecule has 1 unspecified atom stereocenters. The van der Waals surface area contributed by atoms with E-state index in [2.05, 4.69) is 15.0 Å². The molecule has 0 bridgehead atoms. The molecule has 26 heavy (non-hydrogen) atoms. The van der Waals surface area contributed by atoms with Crippen LogP contribution in [0, 0.1) is 5.92 Å². The van der Waals surface area contributed by atoms with Crippen LogP contribution in [0.5, 0.6) is 0 Å². The zero-order chi connectivity index (χ0) is 19.1. The van der Waals surface area contributed by atoms with E-state index < -0.39 is 6.29 Å². The van der Waals surface area contributed by atoms with Gasteiger partial charge in [0, 0.05) is 32.1 Å². The first kappa shape index (κ1) is 20.3. The monoisotopic (exact) mass is 369 g/mol. The lowest BCUT2D eigenvalue weighted by molar-refractivity contribution is -0.157. The highest BCUT2D eigenvalue weighted by Gasteiger charge is 2.21. The van der Waals surface area contributed by atoms with Gasteiger partial charge in [-0.2, -0.15) is 4.98 Å². The van der Waals surface area contributed by atoms with E-state index in [1.807, 2.05) is 13.8 Å². The first-order chi connectivity index (χ1) is 12.4. The number of ether oxygens (including phenoxy) is 3. The Kier molecular flexibility index (Phi) is 7.51. The van der Waals surface area contributed by atoms with E-state index in [0.717, 1.165) is 0 Å². The summed E-state index contributed by atoms with van der Waals surface area (Å²) in [6.07, 6.45) is 0.820. The largest absolute Gasteiger partial charge is 0.369 e. The van der Waals surface area contributed by atoms with Gasteiger partial charge >= 0.3 is 0 Å². The van der Waals surface area contributed by atoms with Crippen molar-refractivity contribution in [2.24, 2.45) is 5.92 Å². The van der Waals surface area contributed by atoms with Crippen molar-refractivity contribution in [2.45, 2.75) is 46.3 Å². The molecule has 2 atom stereocenters. The molecule has 0 spiro atoms. The van der Waals surface area contributed by atoms with Crippen LogP contribution in [0.2, 0.25) is 0 Å². The highest BCUT2D eigenvalue weighted by Crippen LogP contribution is 2.17. The number of aromatic nitrogens is 4. The number of H-pyrrole nitrogens is 1. The smallest absolute Gasteiger partial charge is 0.280 e. The number of aliphatic hydroxyl groups is 1. The topological polar surface area (TPSA) is 138 Å². The molecule has 0 aromatic carbocycles. The zero-order valence-corrected chi connectivity index (χ0v) is 15.3. The molecule has 4 N–H and O–H groups in total. The second-order valence-electron chi connectivity index (χ2n) is 5.89. The van der Waals surface area contributed by atoms with Crippen molar-refractivity contribution in [3.63, 3.8) is 0 Å². The molecule has 2 heterocycles. The van der Waals surface area contributed by atoms with E-state index in [1.165, 1.54) is 6.33 Å². The fourth-order valence-electron chi connectivity index (χ4n) is 2.68. The van der Waals surface area contributed by atoms with Crippen LogP contribution >= 0.6 is 0 Å². The van der Waals surface area contributed by atoms with E-state index in [-0.39, 0.29) is 35.8 Å². The van der Waals surface area contributed by atoms with Gasteiger partial charge in [0.2, 0.25) is 5.95 Å². The van der Waals surface area contributed by atoms with Gasteiger partial charge in [0.1, 0.15) is 0 Å². The normalized spacial score (nSPS) is 14.2. The molecule has 0 aliphatic heterocycles. The SMILES string of the molecule is CCOC(C[C@@H](COC(C)O)Cn1cnc2c(=O)[nH]c(N)nc21)OCC. The van der Waals surface area contributed by atoms with Crippen molar-refractivity contribution in [2.75, 3.05) is 25.6 Å². The van der Waals surface area contributed by atoms with E-state index >= 15 is 0 Å². The lowest BCUT2D eigenvalue weighted by Crippen LogP contribution is -2.27. The summed E-state index contributed by atoms with van der Waals surface area (Å²) < 4.78 is 18.3. The Morgan fingerprint density at radius 2 is 2.00 bits per heavy atom. The second kappa shape index (κ2) is 9.62. The second-order valence-corrected chi connectivity index (χ2v) is 5.89. The summed E-state index contributed by atoms with van der Waals surface area (Å²) in [4.78, 5) is 22.6. The Morgan fingerprint density at radius 1 is 1.31 bits per heavy atom. The Labute approximate surface area is 151 Å². The molecular formula is C16H27N5O5. The third kappa shape index (κ3) is 5.49. The third-order valence-corrected chi connectivity index (χ3v) is 3.75. The quantitative estimate of drug-likeness (QED) is 0.486. The van der Waals surface area contributed by atoms with Gasteiger partial charge in [0.25, 0.3) is 5.56 Å². The molecule has 2 aromatic rings. The molecule has 10 nitrogen and oxygen atoms in total. The van der Waals surface area contributed by atoms with Crippen LogP contribution in [-0.2, 0) is 20.8 Å². The molecule has 2 rings (SSSR count). The minimum Gasteiger partial charge on any atom is -0.369 e. The molecule has 146 valence electrons. The van der Waals surface area contributed by atoms with E-state index in [1.54, 1.807) is 11.5 Å². The van der Waals surface area contributed by atoms with Crippen molar-refractivity contribution in [3.8, 4) is 0 Å². The summed E-state index contributed by atoms with van der Waals surface area (Å²) >= 11 is 0. The molecule has 0 aliphatic carbocycles. The first-order valence-electron chi connectivity index (χ1n) is 8.68. The third-order valence-electron chi connectivity index (χ3n) is 3.75. The van der Waals surface area contributed by atoms with Gasteiger partial charge in [0.15, 0.2) is 23.7 Å². The summed E-state index contributed by atoms with van der Waals surface area (Å²) in [5.41, 5.74) is 5.87. The molecule has 10 heteroatoms. The average molecular weight is 369 g/mol. The minimum absolute atomic E-state index is 0.0301. The van der Waals surface area contributed by atoms with Gasteiger partial charge < -0.3 is 29.6 Å². The standard InChI is InChI=1S/C16H27N5O5/c1-4-24-12(25-5-2)6-11(8-26-10(3)22)7-21-9-18-13-14(21)19-16(17)20-15(13)23/h9-12,22H,4-8H2,1-3H3,(H3,17,19,20,23)/t10?,11-/m1/s1. The fourth-order valence-corrected chi connectivity index (χ4v) is 2.68. The summed E-state index contributed by atoms with van der Waals surface area (Å²) in [6, 6.07) is 0. The number of nitrogens with one attached hydrogen (secondary N) is 1. The van der Waals surface area contributed by atoms with Crippen molar-refractivity contribution < 1.29 is 19.3 Å². The zero-order valence-electron chi connectivity index (χ0n) is 15.3. The van der Waals surface area contributed by atoms with Gasteiger partial charge in [-0.05, 0) is 20.8 Å². The number of hydrogen-bond donors (Lipinski definition) is 3. The number of nitrogens with two attached hydrogens (primary N) is 1. The molecule has 0 aliphatic rings.